The van der Waals surface area contributed by atoms with E-state index in [1.165, 1.54) is 0 Å². The first-order valence-electron chi connectivity index (χ1n) is 7.18. The fraction of sp³-hybridized carbons (Fsp3) is 0. The van der Waals surface area contributed by atoms with Crippen LogP contribution in [0, 0.1) is 0 Å². The molecule has 2 aromatic carbocycles. The molecule has 0 radical (unpaired) electrons. The summed E-state index contributed by atoms with van der Waals surface area (Å²) in [5.74, 6) is 1.52. The monoisotopic (exact) mass is 406 g/mol. The summed E-state index contributed by atoms with van der Waals surface area (Å²) in [4.78, 5) is 8.77. The average Bonchev–Trinajstić information content (AvgIpc) is 2.62. The van der Waals surface area contributed by atoms with Gasteiger partial charge in [-0.2, -0.15) is 0 Å². The van der Waals surface area contributed by atoms with Gasteiger partial charge < -0.3 is 24.8 Å². The molecular weight excluding hydrogens is 395 g/mol. The zero-order valence-electron chi connectivity index (χ0n) is 12.9. The molecule has 0 amide bonds. The Morgan fingerprint density at radius 3 is 1.52 bits per heavy atom. The Labute approximate surface area is 167 Å². The summed E-state index contributed by atoms with van der Waals surface area (Å²) < 4.78 is 11.8. The van der Waals surface area contributed by atoms with Gasteiger partial charge in [0.25, 0.3) is 0 Å². The van der Waals surface area contributed by atoms with Gasteiger partial charge in [0.2, 0.25) is 0 Å². The number of pyridine rings is 2. The molecule has 0 aliphatic heterocycles. The van der Waals surface area contributed by atoms with Crippen LogP contribution in [-0.4, -0.2) is 9.97 Å². The second kappa shape index (κ2) is 9.02. The first-order valence-corrected chi connectivity index (χ1v) is 8.45. The second-order valence-corrected chi connectivity index (χ2v) is 5.85. The van der Waals surface area contributed by atoms with E-state index >= 15 is 0 Å². The van der Waals surface area contributed by atoms with E-state index in [1.807, 2.05) is 60.7 Å². The van der Waals surface area contributed by atoms with Crippen LogP contribution in [0.15, 0.2) is 73.1 Å². The summed E-state index contributed by atoms with van der Waals surface area (Å²) in [6.45, 7) is 0. The molecule has 0 fully saturated rings. The van der Waals surface area contributed by atoms with Crippen LogP contribution in [0.3, 0.4) is 0 Å². The van der Waals surface area contributed by atoms with Gasteiger partial charge >= 0.3 is 143 Å². The fourth-order valence-electron chi connectivity index (χ4n) is 2.43. The van der Waals surface area contributed by atoms with E-state index in [1.54, 1.807) is 12.4 Å². The Hall–Kier alpha value is -1.85. The van der Waals surface area contributed by atoms with Crippen molar-refractivity contribution < 1.29 is 51.4 Å². The van der Waals surface area contributed by atoms with Gasteiger partial charge in [-0.1, -0.05) is 0 Å². The number of aromatic nitrogens is 2. The maximum absolute atomic E-state index is 5.88. The van der Waals surface area contributed by atoms with Crippen molar-refractivity contribution in [3.05, 3.63) is 73.1 Å². The van der Waals surface area contributed by atoms with Crippen LogP contribution in [0.4, 0.5) is 0 Å². The molecular formula is C18H12Cl2N2O2Ti. The Morgan fingerprint density at radius 1 is 0.600 bits per heavy atom. The third kappa shape index (κ3) is 4.22. The van der Waals surface area contributed by atoms with E-state index in [4.69, 9.17) is 6.64 Å². The number of halogens is 2. The summed E-state index contributed by atoms with van der Waals surface area (Å²) in [6.07, 6.45) is 3.54. The molecule has 2 aromatic heterocycles. The van der Waals surface area contributed by atoms with Crippen LogP contribution in [0.2, 0.25) is 0 Å². The second-order valence-electron chi connectivity index (χ2n) is 4.95. The van der Waals surface area contributed by atoms with Crippen molar-refractivity contribution in [3.63, 3.8) is 0 Å². The maximum atomic E-state index is 5.88. The number of para-hydroxylation sites is 2. The SMILES string of the molecule is [Cl-].[Cl-].c1cnc2c([O][Ti+2][O]c3cccc4cccnc34)cccc2c1. The van der Waals surface area contributed by atoms with Crippen molar-refractivity contribution in [2.24, 2.45) is 0 Å². The molecule has 4 nitrogen and oxygen atoms in total. The zero-order chi connectivity index (χ0) is 15.5. The van der Waals surface area contributed by atoms with Gasteiger partial charge in [0.15, 0.2) is 0 Å². The number of benzene rings is 2. The molecule has 7 heteroatoms. The van der Waals surface area contributed by atoms with E-state index in [9.17, 15) is 0 Å². The number of rotatable bonds is 4. The summed E-state index contributed by atoms with van der Waals surface area (Å²) in [5, 5.41) is 2.12. The van der Waals surface area contributed by atoms with E-state index < -0.39 is 19.9 Å². The first kappa shape index (κ1) is 19.5. The van der Waals surface area contributed by atoms with Crippen molar-refractivity contribution >= 4 is 21.8 Å². The van der Waals surface area contributed by atoms with E-state index in [2.05, 4.69) is 9.97 Å². The molecule has 0 aliphatic rings. The van der Waals surface area contributed by atoms with Crippen LogP contribution < -0.4 is 31.5 Å². The molecule has 0 N–H and O–H groups in total. The normalized spacial score (nSPS) is 9.60. The van der Waals surface area contributed by atoms with E-state index in [0.717, 1.165) is 33.3 Å². The molecule has 124 valence electrons. The van der Waals surface area contributed by atoms with Gasteiger partial charge in [0, 0.05) is 0 Å². The number of hydrogen-bond donors (Lipinski definition) is 0. The summed E-state index contributed by atoms with van der Waals surface area (Å²) in [7, 11) is 0. The van der Waals surface area contributed by atoms with Crippen LogP contribution in [-0.2, 0) is 19.9 Å². The standard InChI is InChI=1S/2C9H7NO.2ClH.Ti/c2*11-8-5-1-3-7-4-2-6-10-9(7)8;;;/h2*1-6,11H;2*1H;/q;;;;+4/p-4. The van der Waals surface area contributed by atoms with E-state index in [0.29, 0.717) is 0 Å². The molecule has 0 saturated heterocycles. The van der Waals surface area contributed by atoms with Crippen LogP contribution in [0.1, 0.15) is 0 Å². The predicted octanol–water partition coefficient (Wildman–Crippen LogP) is -1.84. The number of fused-ring (bicyclic) bond motifs is 2. The van der Waals surface area contributed by atoms with Gasteiger partial charge in [0.1, 0.15) is 0 Å². The van der Waals surface area contributed by atoms with Crippen LogP contribution in [0.25, 0.3) is 21.8 Å². The minimum absolute atomic E-state index is 0. The molecule has 25 heavy (non-hydrogen) atoms. The van der Waals surface area contributed by atoms with Crippen molar-refractivity contribution in [2.45, 2.75) is 0 Å². The Kier molecular flexibility index (Phi) is 7.03. The Morgan fingerprint density at radius 2 is 1.04 bits per heavy atom. The molecule has 4 rings (SSSR count). The van der Waals surface area contributed by atoms with Crippen LogP contribution >= 0.6 is 0 Å². The van der Waals surface area contributed by atoms with E-state index in [-0.39, 0.29) is 24.8 Å². The average molecular weight is 407 g/mol. The molecule has 2 heterocycles. The first-order chi connectivity index (χ1) is 11.4. The summed E-state index contributed by atoms with van der Waals surface area (Å²) in [5.41, 5.74) is 1.72. The van der Waals surface area contributed by atoms with Crippen molar-refractivity contribution in [3.8, 4) is 11.5 Å². The number of nitrogens with zero attached hydrogens (tertiary/aromatic N) is 2. The van der Waals surface area contributed by atoms with Crippen molar-refractivity contribution in [2.75, 3.05) is 0 Å². The van der Waals surface area contributed by atoms with Gasteiger partial charge in [-0.15, -0.1) is 0 Å². The quantitative estimate of drug-likeness (QED) is 0.374. The molecule has 0 atom stereocenters. The molecule has 4 aromatic rings. The number of hydrogen-bond acceptors (Lipinski definition) is 4. The van der Waals surface area contributed by atoms with Crippen molar-refractivity contribution in [1.29, 1.82) is 0 Å². The molecule has 0 unspecified atom stereocenters. The third-order valence-corrected chi connectivity index (χ3v) is 4.44. The van der Waals surface area contributed by atoms with Gasteiger partial charge in [-0.05, 0) is 0 Å². The van der Waals surface area contributed by atoms with Crippen molar-refractivity contribution in [1.82, 2.24) is 9.97 Å². The predicted molar refractivity (Wildman–Crippen MR) is 84.7 cm³/mol. The minimum atomic E-state index is -1.11. The summed E-state index contributed by atoms with van der Waals surface area (Å²) >= 11 is -1.11. The molecule has 0 saturated carbocycles. The molecule has 0 spiro atoms. The zero-order valence-corrected chi connectivity index (χ0v) is 16.0. The fourth-order valence-corrected chi connectivity index (χ4v) is 3.29. The van der Waals surface area contributed by atoms with Crippen LogP contribution in [0.5, 0.6) is 11.5 Å². The summed E-state index contributed by atoms with van der Waals surface area (Å²) in [6, 6.07) is 19.7. The van der Waals surface area contributed by atoms with Gasteiger partial charge in [-0.3, -0.25) is 0 Å². The molecule has 0 aliphatic carbocycles. The Bertz CT molecular complexity index is 895. The Balaban J connectivity index is 0.00000113. The van der Waals surface area contributed by atoms with Gasteiger partial charge in [0.05, 0.1) is 0 Å². The topological polar surface area (TPSA) is 44.2 Å². The van der Waals surface area contributed by atoms with Gasteiger partial charge in [-0.25, -0.2) is 0 Å². The molecule has 0 bridgehead atoms. The third-order valence-electron chi connectivity index (χ3n) is 3.49.